The van der Waals surface area contributed by atoms with Crippen molar-refractivity contribution in [3.63, 3.8) is 0 Å². The van der Waals surface area contributed by atoms with E-state index in [1.807, 2.05) is 25.1 Å². The number of allylic oxidation sites excluding steroid dienone is 5. The lowest BCUT2D eigenvalue weighted by Crippen LogP contribution is -2.11. The molecule has 0 radical (unpaired) electrons. The maximum atomic E-state index is 5.70. The van der Waals surface area contributed by atoms with E-state index in [-0.39, 0.29) is 0 Å². The molecule has 1 aromatic carbocycles. The van der Waals surface area contributed by atoms with Gasteiger partial charge in [-0.25, -0.2) is 0 Å². The molecule has 2 nitrogen and oxygen atoms in total. The second-order valence-electron chi connectivity index (χ2n) is 6.91. The van der Waals surface area contributed by atoms with Crippen LogP contribution < -0.4 is 0 Å². The molecular formula is C23H30O2. The average molecular weight is 338 g/mol. The third-order valence-corrected chi connectivity index (χ3v) is 5.09. The standard InChI is InChI=1S/C23H30O2/c1-2-24-25-23(21-16-10-5-11-17-21)18-22(19-12-6-3-7-13-19)20-14-8-4-9-15-20/h5,10-12,14,16-18,22H,2-4,6-9,13,15H2,1H3. The van der Waals surface area contributed by atoms with Crippen LogP contribution in [0.2, 0.25) is 0 Å². The molecule has 0 spiro atoms. The van der Waals surface area contributed by atoms with Crippen LogP contribution in [0.1, 0.15) is 63.9 Å². The quantitative estimate of drug-likeness (QED) is 0.241. The highest BCUT2D eigenvalue weighted by Gasteiger charge is 2.21. The molecule has 2 aliphatic carbocycles. The van der Waals surface area contributed by atoms with Gasteiger partial charge in [-0.15, -0.1) is 0 Å². The zero-order valence-electron chi connectivity index (χ0n) is 15.4. The molecule has 0 atom stereocenters. The molecule has 0 heterocycles. The van der Waals surface area contributed by atoms with Crippen molar-refractivity contribution in [2.24, 2.45) is 5.92 Å². The molecule has 134 valence electrons. The SMILES string of the molecule is CCOOC(=CC(C1=CCCCC1)C1=CCCCC1)c1ccccc1. The number of benzene rings is 1. The van der Waals surface area contributed by atoms with Gasteiger partial charge in [0.2, 0.25) is 0 Å². The maximum Gasteiger partial charge on any atom is 0.169 e. The maximum absolute atomic E-state index is 5.70. The Labute approximate surface area is 152 Å². The van der Waals surface area contributed by atoms with Crippen LogP contribution in [0.5, 0.6) is 0 Å². The highest BCUT2D eigenvalue weighted by atomic mass is 17.2. The van der Waals surface area contributed by atoms with Crippen molar-refractivity contribution in [1.82, 2.24) is 0 Å². The second-order valence-corrected chi connectivity index (χ2v) is 6.91. The molecule has 2 heteroatoms. The first kappa shape index (κ1) is 18.0. The summed E-state index contributed by atoms with van der Waals surface area (Å²) in [4.78, 5) is 11.0. The van der Waals surface area contributed by atoms with Gasteiger partial charge >= 0.3 is 0 Å². The molecule has 0 N–H and O–H groups in total. The van der Waals surface area contributed by atoms with Crippen LogP contribution in [-0.4, -0.2) is 6.61 Å². The Bertz CT molecular complexity index is 599. The number of hydrogen-bond acceptors (Lipinski definition) is 2. The molecule has 0 saturated carbocycles. The molecule has 0 unspecified atom stereocenters. The smallest absolute Gasteiger partial charge is 0.169 e. The Hall–Kier alpha value is -1.80. The number of hydrogen-bond donors (Lipinski definition) is 0. The monoisotopic (exact) mass is 338 g/mol. The molecule has 0 saturated heterocycles. The third kappa shape index (κ3) is 5.09. The van der Waals surface area contributed by atoms with Crippen LogP contribution >= 0.6 is 0 Å². The third-order valence-electron chi connectivity index (χ3n) is 5.09. The van der Waals surface area contributed by atoms with Crippen LogP contribution in [0.4, 0.5) is 0 Å². The van der Waals surface area contributed by atoms with Gasteiger partial charge in [0.15, 0.2) is 5.76 Å². The van der Waals surface area contributed by atoms with Crippen LogP contribution in [0.25, 0.3) is 5.76 Å². The fourth-order valence-electron chi connectivity index (χ4n) is 3.79. The van der Waals surface area contributed by atoms with E-state index in [0.717, 1.165) is 11.3 Å². The van der Waals surface area contributed by atoms with E-state index in [9.17, 15) is 0 Å². The van der Waals surface area contributed by atoms with E-state index in [0.29, 0.717) is 12.5 Å². The topological polar surface area (TPSA) is 18.5 Å². The lowest BCUT2D eigenvalue weighted by atomic mass is 9.80. The summed E-state index contributed by atoms with van der Waals surface area (Å²) in [7, 11) is 0. The largest absolute Gasteiger partial charge is 0.337 e. The summed E-state index contributed by atoms with van der Waals surface area (Å²) in [6.07, 6.45) is 17.3. The first-order valence-electron chi connectivity index (χ1n) is 9.83. The molecule has 2 aliphatic rings. The van der Waals surface area contributed by atoms with Crippen molar-refractivity contribution in [1.29, 1.82) is 0 Å². The minimum absolute atomic E-state index is 0.358. The van der Waals surface area contributed by atoms with Crippen LogP contribution in [0.15, 0.2) is 59.7 Å². The summed E-state index contributed by atoms with van der Waals surface area (Å²) in [6, 6.07) is 10.3. The van der Waals surface area contributed by atoms with Crippen molar-refractivity contribution in [3.05, 3.63) is 65.3 Å². The van der Waals surface area contributed by atoms with Gasteiger partial charge in [-0.3, -0.25) is 0 Å². The Morgan fingerprint density at radius 1 is 0.960 bits per heavy atom. The summed E-state index contributed by atoms with van der Waals surface area (Å²) in [5.41, 5.74) is 4.20. The van der Waals surface area contributed by atoms with Gasteiger partial charge in [0, 0.05) is 11.5 Å². The Balaban J connectivity index is 1.95. The van der Waals surface area contributed by atoms with Gasteiger partial charge in [-0.05, 0) is 64.4 Å². The van der Waals surface area contributed by atoms with Gasteiger partial charge in [-0.2, -0.15) is 4.89 Å². The van der Waals surface area contributed by atoms with Gasteiger partial charge < -0.3 is 4.89 Å². The van der Waals surface area contributed by atoms with Crippen molar-refractivity contribution in [2.45, 2.75) is 58.3 Å². The van der Waals surface area contributed by atoms with Gasteiger partial charge in [0.05, 0.1) is 6.61 Å². The van der Waals surface area contributed by atoms with Crippen LogP contribution in [-0.2, 0) is 9.78 Å². The van der Waals surface area contributed by atoms with Crippen molar-refractivity contribution >= 4 is 5.76 Å². The van der Waals surface area contributed by atoms with Crippen molar-refractivity contribution < 1.29 is 9.78 Å². The van der Waals surface area contributed by atoms with Crippen molar-refractivity contribution in [3.8, 4) is 0 Å². The Morgan fingerprint density at radius 3 is 2.12 bits per heavy atom. The highest BCUT2D eigenvalue weighted by Crippen LogP contribution is 2.36. The average Bonchev–Trinajstić information content (AvgIpc) is 2.70. The lowest BCUT2D eigenvalue weighted by molar-refractivity contribution is -0.230. The molecule has 1 aromatic rings. The highest BCUT2D eigenvalue weighted by molar-refractivity contribution is 5.61. The van der Waals surface area contributed by atoms with Crippen LogP contribution in [0.3, 0.4) is 0 Å². The van der Waals surface area contributed by atoms with Crippen molar-refractivity contribution in [2.75, 3.05) is 6.61 Å². The fraction of sp³-hybridized carbons (Fsp3) is 0.478. The number of rotatable bonds is 7. The zero-order chi connectivity index (χ0) is 17.3. The lowest BCUT2D eigenvalue weighted by Gasteiger charge is -2.26. The fourth-order valence-corrected chi connectivity index (χ4v) is 3.79. The molecule has 0 bridgehead atoms. The minimum atomic E-state index is 0.358. The summed E-state index contributed by atoms with van der Waals surface area (Å²) < 4.78 is 0. The van der Waals surface area contributed by atoms with E-state index in [1.54, 1.807) is 11.1 Å². The molecular weight excluding hydrogens is 308 g/mol. The normalized spacial score (nSPS) is 18.7. The van der Waals surface area contributed by atoms with E-state index < -0.39 is 0 Å². The van der Waals surface area contributed by atoms with Gasteiger partial charge in [-0.1, -0.05) is 53.6 Å². The molecule has 25 heavy (non-hydrogen) atoms. The summed E-state index contributed by atoms with van der Waals surface area (Å²) in [5.74, 6) is 1.20. The summed E-state index contributed by atoms with van der Waals surface area (Å²) >= 11 is 0. The summed E-state index contributed by atoms with van der Waals surface area (Å²) in [5, 5.41) is 0. The van der Waals surface area contributed by atoms with E-state index >= 15 is 0 Å². The van der Waals surface area contributed by atoms with E-state index in [4.69, 9.17) is 9.78 Å². The Kier molecular flexibility index (Phi) is 6.93. The molecule has 0 fully saturated rings. The van der Waals surface area contributed by atoms with E-state index in [2.05, 4.69) is 30.4 Å². The van der Waals surface area contributed by atoms with Gasteiger partial charge in [0.25, 0.3) is 0 Å². The second kappa shape index (κ2) is 9.62. The van der Waals surface area contributed by atoms with Crippen LogP contribution in [0, 0.1) is 5.92 Å². The molecule has 0 aliphatic heterocycles. The molecule has 0 amide bonds. The minimum Gasteiger partial charge on any atom is -0.337 e. The first-order valence-corrected chi connectivity index (χ1v) is 9.83. The molecule has 0 aromatic heterocycles. The first-order chi connectivity index (χ1) is 12.4. The predicted molar refractivity (Wildman–Crippen MR) is 104 cm³/mol. The van der Waals surface area contributed by atoms with E-state index in [1.165, 1.54) is 51.4 Å². The zero-order valence-corrected chi connectivity index (χ0v) is 15.4. The summed E-state index contributed by atoms with van der Waals surface area (Å²) in [6.45, 7) is 2.49. The molecule has 3 rings (SSSR count). The Morgan fingerprint density at radius 2 is 1.60 bits per heavy atom. The predicted octanol–water partition coefficient (Wildman–Crippen LogP) is 6.61. The van der Waals surface area contributed by atoms with Gasteiger partial charge in [0.1, 0.15) is 0 Å².